The molecule has 0 saturated carbocycles. The molecule has 0 aromatic carbocycles. The molecule has 2 N–H and O–H groups in total. The average Bonchev–Trinajstić information content (AvgIpc) is 2.04. The van der Waals surface area contributed by atoms with Crippen LogP contribution in [0.2, 0.25) is 0 Å². The zero-order valence-electron chi connectivity index (χ0n) is 6.79. The maximum absolute atomic E-state index is 10.8. The van der Waals surface area contributed by atoms with Crippen LogP contribution in [0.15, 0.2) is 0 Å². The molecule has 0 aliphatic rings. The van der Waals surface area contributed by atoms with Crippen molar-refractivity contribution in [2.45, 2.75) is 19.3 Å². The van der Waals surface area contributed by atoms with Crippen LogP contribution >= 0.6 is 15.9 Å². The summed E-state index contributed by atoms with van der Waals surface area (Å²) in [5, 5.41) is 8.43. The van der Waals surface area contributed by atoms with Crippen LogP contribution in [0.25, 0.3) is 0 Å². The van der Waals surface area contributed by atoms with Crippen molar-refractivity contribution in [1.29, 1.82) is 0 Å². The van der Waals surface area contributed by atoms with Gasteiger partial charge in [-0.1, -0.05) is 15.9 Å². The van der Waals surface area contributed by atoms with Gasteiger partial charge in [-0.15, -0.1) is 0 Å². The first-order valence-electron chi connectivity index (χ1n) is 3.76. The van der Waals surface area contributed by atoms with Gasteiger partial charge < -0.3 is 5.11 Å². The molecule has 0 saturated heterocycles. The monoisotopic (exact) mass is 259 g/mol. The number of sulfonamides is 1. The molecule has 0 spiro atoms. The predicted octanol–water partition coefficient (Wildman–Crippen LogP) is 0.421. The Labute approximate surface area is 81.5 Å². The lowest BCUT2D eigenvalue weighted by molar-refractivity contribution is 0.283. The van der Waals surface area contributed by atoms with E-state index in [4.69, 9.17) is 5.11 Å². The number of aliphatic hydroxyl groups excluding tert-OH is 1. The summed E-state index contributed by atoms with van der Waals surface area (Å²) in [5.74, 6) is 0. The molecular weight excluding hydrogens is 246 g/mol. The Hall–Kier alpha value is 0.350. The van der Waals surface area contributed by atoms with E-state index in [2.05, 4.69) is 20.7 Å². The molecule has 74 valence electrons. The summed E-state index contributed by atoms with van der Waals surface area (Å²) in [6.07, 6.45) is 2.35. The summed E-state index contributed by atoms with van der Waals surface area (Å²) in [7, 11) is -3.10. The van der Waals surface area contributed by atoms with E-state index in [1.165, 1.54) is 0 Å². The smallest absolute Gasteiger partial charge is 0.221 e. The van der Waals surface area contributed by atoms with E-state index in [1.54, 1.807) is 0 Å². The Kier molecular flexibility index (Phi) is 7.02. The molecule has 0 bridgehead atoms. The third kappa shape index (κ3) is 7.02. The maximum atomic E-state index is 10.8. The molecule has 0 aliphatic carbocycles. The molecule has 0 rings (SSSR count). The van der Waals surface area contributed by atoms with Crippen molar-refractivity contribution in [3.8, 4) is 0 Å². The Balaban J connectivity index is 3.32. The standard InChI is InChI=1S/C6H14BrNO3S/c7-6-12(10,11)8-4-2-1-3-5-9/h8-9H,1-6H2. The minimum Gasteiger partial charge on any atom is -0.396 e. The fraction of sp³-hybridized carbons (Fsp3) is 1.00. The Bertz CT molecular complexity index is 193. The summed E-state index contributed by atoms with van der Waals surface area (Å²) < 4.78 is 24.0. The molecule has 0 aromatic rings. The van der Waals surface area contributed by atoms with Crippen LogP contribution in [0.1, 0.15) is 19.3 Å². The van der Waals surface area contributed by atoms with Crippen LogP contribution < -0.4 is 4.72 Å². The van der Waals surface area contributed by atoms with Gasteiger partial charge in [0.2, 0.25) is 10.0 Å². The minimum atomic E-state index is -3.10. The van der Waals surface area contributed by atoms with Gasteiger partial charge in [0, 0.05) is 13.2 Å². The van der Waals surface area contributed by atoms with Crippen molar-refractivity contribution in [3.63, 3.8) is 0 Å². The highest BCUT2D eigenvalue weighted by Crippen LogP contribution is 1.95. The molecule has 12 heavy (non-hydrogen) atoms. The number of unbranched alkanes of at least 4 members (excludes halogenated alkanes) is 2. The normalized spacial score (nSPS) is 11.8. The highest BCUT2D eigenvalue weighted by atomic mass is 79.9. The van der Waals surface area contributed by atoms with Gasteiger partial charge in [-0.3, -0.25) is 0 Å². The fourth-order valence-corrected chi connectivity index (χ4v) is 1.70. The number of rotatable bonds is 7. The number of hydrogen-bond acceptors (Lipinski definition) is 3. The van der Waals surface area contributed by atoms with Gasteiger partial charge in [0.25, 0.3) is 0 Å². The highest BCUT2D eigenvalue weighted by molar-refractivity contribution is 9.10. The van der Waals surface area contributed by atoms with Crippen molar-refractivity contribution >= 4 is 26.0 Å². The van der Waals surface area contributed by atoms with Gasteiger partial charge in [0.1, 0.15) is 4.66 Å². The van der Waals surface area contributed by atoms with Gasteiger partial charge in [-0.2, -0.15) is 0 Å². The van der Waals surface area contributed by atoms with Gasteiger partial charge in [-0.05, 0) is 19.3 Å². The number of hydrogen-bond donors (Lipinski definition) is 2. The quantitative estimate of drug-likeness (QED) is 0.515. The average molecular weight is 260 g/mol. The third-order valence-electron chi connectivity index (χ3n) is 1.30. The van der Waals surface area contributed by atoms with Gasteiger partial charge >= 0.3 is 0 Å². The molecule has 0 amide bonds. The third-order valence-corrected chi connectivity index (χ3v) is 4.04. The van der Waals surface area contributed by atoms with E-state index in [9.17, 15) is 8.42 Å². The van der Waals surface area contributed by atoms with Crippen LogP contribution in [0, 0.1) is 0 Å². The summed E-state index contributed by atoms with van der Waals surface area (Å²) in [6, 6.07) is 0. The van der Waals surface area contributed by atoms with E-state index in [0.717, 1.165) is 19.3 Å². The van der Waals surface area contributed by atoms with E-state index in [0.29, 0.717) is 6.54 Å². The highest BCUT2D eigenvalue weighted by Gasteiger charge is 2.04. The zero-order chi connectivity index (χ0) is 9.45. The van der Waals surface area contributed by atoms with Crippen molar-refractivity contribution in [3.05, 3.63) is 0 Å². The first-order chi connectivity index (χ1) is 5.62. The summed E-state index contributed by atoms with van der Waals surface area (Å²) in [5.41, 5.74) is 0. The fourth-order valence-electron chi connectivity index (χ4n) is 0.680. The second-order valence-electron chi connectivity index (χ2n) is 2.40. The molecule has 0 aliphatic heterocycles. The SMILES string of the molecule is O=S(=O)(CBr)NCCCCCO. The Morgan fingerprint density at radius 3 is 2.42 bits per heavy atom. The van der Waals surface area contributed by atoms with Crippen LogP contribution in [-0.4, -0.2) is 31.3 Å². The summed E-state index contributed by atoms with van der Waals surface area (Å²) in [4.78, 5) is 0. The van der Waals surface area contributed by atoms with E-state index in [1.807, 2.05) is 0 Å². The summed E-state index contributed by atoms with van der Waals surface area (Å²) >= 11 is 2.86. The molecule has 0 heterocycles. The second-order valence-corrected chi connectivity index (χ2v) is 5.51. The number of alkyl halides is 1. The minimum absolute atomic E-state index is 0.0556. The molecular formula is C6H14BrNO3S. The molecule has 6 heteroatoms. The zero-order valence-corrected chi connectivity index (χ0v) is 9.20. The van der Waals surface area contributed by atoms with Crippen molar-refractivity contribution < 1.29 is 13.5 Å². The van der Waals surface area contributed by atoms with E-state index >= 15 is 0 Å². The van der Waals surface area contributed by atoms with Crippen LogP contribution in [0.5, 0.6) is 0 Å². The molecule has 0 fully saturated rings. The Morgan fingerprint density at radius 1 is 1.25 bits per heavy atom. The number of aliphatic hydroxyl groups is 1. The second kappa shape index (κ2) is 6.82. The number of nitrogens with one attached hydrogen (secondary N) is 1. The topological polar surface area (TPSA) is 66.4 Å². The Morgan fingerprint density at radius 2 is 1.92 bits per heavy atom. The lowest BCUT2D eigenvalue weighted by atomic mass is 10.2. The van der Waals surface area contributed by atoms with E-state index in [-0.39, 0.29) is 11.3 Å². The molecule has 0 atom stereocenters. The lowest BCUT2D eigenvalue weighted by Gasteiger charge is -2.02. The molecule has 0 unspecified atom stereocenters. The lowest BCUT2D eigenvalue weighted by Crippen LogP contribution is -2.25. The number of halogens is 1. The molecule has 4 nitrogen and oxygen atoms in total. The van der Waals surface area contributed by atoms with Crippen molar-refractivity contribution in [2.24, 2.45) is 0 Å². The largest absolute Gasteiger partial charge is 0.396 e. The predicted molar refractivity (Wildman–Crippen MR) is 51.7 cm³/mol. The molecule has 0 radical (unpaired) electrons. The first-order valence-corrected chi connectivity index (χ1v) is 6.54. The molecule has 0 aromatic heterocycles. The van der Waals surface area contributed by atoms with Crippen molar-refractivity contribution in [2.75, 3.05) is 17.8 Å². The summed E-state index contributed by atoms with van der Waals surface area (Å²) in [6.45, 7) is 0.624. The van der Waals surface area contributed by atoms with E-state index < -0.39 is 10.0 Å². The van der Waals surface area contributed by atoms with Crippen LogP contribution in [0.4, 0.5) is 0 Å². The van der Waals surface area contributed by atoms with Gasteiger partial charge in [0.15, 0.2) is 0 Å². The van der Waals surface area contributed by atoms with Crippen molar-refractivity contribution in [1.82, 2.24) is 4.72 Å². The van der Waals surface area contributed by atoms with Crippen LogP contribution in [0.3, 0.4) is 0 Å². The van der Waals surface area contributed by atoms with Gasteiger partial charge in [-0.25, -0.2) is 13.1 Å². The first kappa shape index (κ1) is 12.3. The van der Waals surface area contributed by atoms with Crippen LogP contribution in [-0.2, 0) is 10.0 Å². The van der Waals surface area contributed by atoms with Gasteiger partial charge in [0.05, 0.1) is 0 Å². The maximum Gasteiger partial charge on any atom is 0.221 e.